The van der Waals surface area contributed by atoms with Gasteiger partial charge in [0.2, 0.25) is 0 Å². The highest BCUT2D eigenvalue weighted by molar-refractivity contribution is 5.87. The highest BCUT2D eigenvalue weighted by Crippen LogP contribution is 2.51. The zero-order chi connectivity index (χ0) is 35.3. The van der Waals surface area contributed by atoms with Gasteiger partial charge in [0, 0.05) is 22.5 Å². The first kappa shape index (κ1) is 35.2. The molecule has 2 nitrogen and oxygen atoms in total. The summed E-state index contributed by atoms with van der Waals surface area (Å²) in [5.74, 6) is 0. The lowest BCUT2D eigenvalue weighted by Gasteiger charge is -2.28. The van der Waals surface area contributed by atoms with Gasteiger partial charge in [-0.25, -0.2) is 0 Å². The Morgan fingerprint density at radius 2 is 0.906 bits per heavy atom. The van der Waals surface area contributed by atoms with Crippen molar-refractivity contribution < 1.29 is 5.48 Å². The van der Waals surface area contributed by atoms with Crippen molar-refractivity contribution in [3.8, 4) is 11.1 Å². The van der Waals surface area contributed by atoms with Gasteiger partial charge in [-0.1, -0.05) is 178 Å². The van der Waals surface area contributed by atoms with Gasteiger partial charge in [0.05, 0.1) is 0 Å². The van der Waals surface area contributed by atoms with Crippen molar-refractivity contribution in [3.63, 3.8) is 0 Å². The van der Waals surface area contributed by atoms with Crippen LogP contribution < -0.4 is 4.90 Å². The maximum atomic E-state index is 2.41. The fraction of sp³-hybridized carbons (Fsp3) is 0.0980. The summed E-state index contributed by atoms with van der Waals surface area (Å²) in [7, 11) is 0. The molecule has 0 saturated heterocycles. The zero-order valence-electron chi connectivity index (χ0n) is 30.4. The van der Waals surface area contributed by atoms with E-state index in [4.69, 9.17) is 0 Å². The van der Waals surface area contributed by atoms with Crippen LogP contribution in [0.4, 0.5) is 17.1 Å². The average Bonchev–Trinajstić information content (AvgIpc) is 3.42. The molecule has 260 valence electrons. The number of rotatable bonds is 9. The molecule has 0 heterocycles. The van der Waals surface area contributed by atoms with Crippen molar-refractivity contribution in [2.45, 2.75) is 32.1 Å². The molecule has 6 aromatic rings. The molecule has 0 aliphatic heterocycles. The van der Waals surface area contributed by atoms with Gasteiger partial charge in [-0.3, -0.25) is 0 Å². The van der Waals surface area contributed by atoms with Gasteiger partial charge in [0.15, 0.2) is 0 Å². The van der Waals surface area contributed by atoms with Gasteiger partial charge in [-0.2, -0.15) is 0 Å². The van der Waals surface area contributed by atoms with E-state index >= 15 is 0 Å². The number of nitrogens with zero attached hydrogens (tertiary/aromatic N) is 1. The molecule has 0 radical (unpaired) electrons. The summed E-state index contributed by atoms with van der Waals surface area (Å²) in [6.07, 6.45) is 22.2. The maximum Gasteiger partial charge on any atom is 0.0465 e. The van der Waals surface area contributed by atoms with Gasteiger partial charge in [0.25, 0.3) is 0 Å². The molecule has 0 unspecified atom stereocenters. The monoisotopic (exact) mass is 687 g/mol. The smallest absolute Gasteiger partial charge is 0.0465 e. The third-order valence-electron chi connectivity index (χ3n) is 10.3. The first-order valence-electron chi connectivity index (χ1n) is 18.3. The largest absolute Gasteiger partial charge is 0.412 e. The summed E-state index contributed by atoms with van der Waals surface area (Å²) in [5, 5.41) is 0. The predicted octanol–water partition coefficient (Wildman–Crippen LogP) is 13.3. The fourth-order valence-electron chi connectivity index (χ4n) is 7.37. The first-order chi connectivity index (χ1) is 25.5. The van der Waals surface area contributed by atoms with Crippen LogP contribution in [0, 0.1) is 0 Å². The Balaban J connectivity index is 0.00000435. The molecule has 0 amide bonds. The summed E-state index contributed by atoms with van der Waals surface area (Å²) in [4.78, 5) is 2.39. The van der Waals surface area contributed by atoms with Crippen LogP contribution >= 0.6 is 0 Å². The predicted molar refractivity (Wildman–Crippen MR) is 229 cm³/mol. The molecule has 0 fully saturated rings. The molecule has 2 heteroatoms. The maximum absolute atomic E-state index is 2.41. The van der Waals surface area contributed by atoms with Crippen LogP contribution in [0.2, 0.25) is 0 Å². The Kier molecular flexibility index (Phi) is 10.3. The fourth-order valence-corrected chi connectivity index (χ4v) is 7.37. The van der Waals surface area contributed by atoms with Crippen LogP contribution in [0.1, 0.15) is 65.6 Å². The molecule has 0 aromatic heterocycles. The van der Waals surface area contributed by atoms with E-state index < -0.39 is 0 Å². The summed E-state index contributed by atoms with van der Waals surface area (Å²) in [6.45, 7) is 4.73. The Hall–Kier alpha value is -6.22. The van der Waals surface area contributed by atoms with Crippen molar-refractivity contribution in [3.05, 3.63) is 214 Å². The van der Waals surface area contributed by atoms with E-state index in [1.165, 1.54) is 55.6 Å². The molecular weight excluding hydrogens is 643 g/mol. The highest BCUT2D eigenvalue weighted by atomic mass is 16.0. The molecule has 0 spiro atoms. The van der Waals surface area contributed by atoms with Gasteiger partial charge in [-0.05, 0) is 105 Å². The van der Waals surface area contributed by atoms with Gasteiger partial charge in [0.1, 0.15) is 0 Å². The van der Waals surface area contributed by atoms with E-state index in [0.717, 1.165) is 29.9 Å². The average molecular weight is 688 g/mol. The van der Waals surface area contributed by atoms with Crippen molar-refractivity contribution in [1.29, 1.82) is 0 Å². The molecule has 2 N–H and O–H groups in total. The number of anilines is 3. The molecule has 6 aromatic carbocycles. The van der Waals surface area contributed by atoms with Crippen molar-refractivity contribution in [2.24, 2.45) is 0 Å². The first-order valence-corrected chi connectivity index (χ1v) is 18.3. The van der Waals surface area contributed by atoms with E-state index in [2.05, 4.69) is 219 Å². The second-order valence-electron chi connectivity index (χ2n) is 14.2. The second kappa shape index (κ2) is 15.6. The molecule has 0 atom stereocenters. The Morgan fingerprint density at radius 3 is 1.45 bits per heavy atom. The Labute approximate surface area is 314 Å². The molecule has 2 aliphatic rings. The summed E-state index contributed by atoms with van der Waals surface area (Å²) >= 11 is 0. The molecule has 53 heavy (non-hydrogen) atoms. The van der Waals surface area contributed by atoms with Crippen LogP contribution in [0.25, 0.3) is 41.5 Å². The number of hydrogen-bond acceptors (Lipinski definition) is 1. The minimum Gasteiger partial charge on any atom is -0.412 e. The summed E-state index contributed by atoms with van der Waals surface area (Å²) in [6, 6.07) is 52.7. The van der Waals surface area contributed by atoms with Crippen molar-refractivity contribution in [2.75, 3.05) is 4.90 Å². The van der Waals surface area contributed by atoms with Crippen molar-refractivity contribution >= 4 is 47.4 Å². The minimum atomic E-state index is -0.147. The molecular formula is C51H45NO. The Bertz CT molecular complexity index is 2340. The lowest BCUT2D eigenvalue weighted by Crippen LogP contribution is -2.16. The molecule has 0 bridgehead atoms. The SMILES string of the molecule is CC1(C)c2cc(/C=C/c3ccccc3)ccc2-c2ccc(N(c3ccc(/C=C/C4=CCCC=C4)cc3)c3ccc(/C=C/c4ccccc4)cc3)cc21.O. The van der Waals surface area contributed by atoms with E-state index in [9.17, 15) is 0 Å². The van der Waals surface area contributed by atoms with Gasteiger partial charge < -0.3 is 10.4 Å². The van der Waals surface area contributed by atoms with Crippen LogP contribution in [0.15, 0.2) is 175 Å². The zero-order valence-corrected chi connectivity index (χ0v) is 30.4. The highest BCUT2D eigenvalue weighted by Gasteiger charge is 2.36. The third kappa shape index (κ3) is 7.70. The third-order valence-corrected chi connectivity index (χ3v) is 10.3. The van der Waals surface area contributed by atoms with Crippen LogP contribution in [0.5, 0.6) is 0 Å². The second-order valence-corrected chi connectivity index (χ2v) is 14.2. The lowest BCUT2D eigenvalue weighted by molar-refractivity contribution is 0.660. The van der Waals surface area contributed by atoms with E-state index in [-0.39, 0.29) is 10.9 Å². The van der Waals surface area contributed by atoms with Crippen LogP contribution in [-0.4, -0.2) is 5.48 Å². The Morgan fingerprint density at radius 1 is 0.453 bits per heavy atom. The lowest BCUT2D eigenvalue weighted by atomic mass is 9.81. The molecule has 8 rings (SSSR count). The molecule has 0 saturated carbocycles. The van der Waals surface area contributed by atoms with E-state index in [1.54, 1.807) is 0 Å². The number of allylic oxidation sites excluding steroid dienone is 5. The summed E-state index contributed by atoms with van der Waals surface area (Å²) < 4.78 is 0. The normalized spacial score (nSPS) is 14.3. The standard InChI is InChI=1S/C51H43N.H2O/c1-51(2)49-36-43(23-22-40-16-10-5-11-17-40)28-34-47(49)48-35-33-46(37-50(48)51)52(44-29-24-41(25-30-44)20-18-38-12-6-3-7-13-38)45-31-26-42(27-32-45)21-19-39-14-8-4-9-15-39;/h3,5-8,10-37H,4,9H2,1-2H3;1H2/b20-18+,21-19+,23-22+;. The number of hydrogen-bond donors (Lipinski definition) is 0. The van der Waals surface area contributed by atoms with Gasteiger partial charge >= 0.3 is 0 Å². The van der Waals surface area contributed by atoms with Gasteiger partial charge in [-0.15, -0.1) is 0 Å². The molecule has 2 aliphatic carbocycles. The van der Waals surface area contributed by atoms with Crippen molar-refractivity contribution in [1.82, 2.24) is 0 Å². The number of fused-ring (bicyclic) bond motifs is 3. The minimum absolute atomic E-state index is 0. The van der Waals surface area contributed by atoms with E-state index in [0.29, 0.717) is 0 Å². The number of benzene rings is 6. The topological polar surface area (TPSA) is 34.7 Å². The van der Waals surface area contributed by atoms with Crippen LogP contribution in [-0.2, 0) is 5.41 Å². The summed E-state index contributed by atoms with van der Waals surface area (Å²) in [5.41, 5.74) is 15.9. The van der Waals surface area contributed by atoms with Crippen LogP contribution in [0.3, 0.4) is 0 Å². The van der Waals surface area contributed by atoms with E-state index in [1.807, 2.05) is 0 Å². The quantitative estimate of drug-likeness (QED) is 0.139.